The van der Waals surface area contributed by atoms with Crippen molar-refractivity contribution in [1.29, 1.82) is 0 Å². The summed E-state index contributed by atoms with van der Waals surface area (Å²) in [5.41, 5.74) is 0.140. The number of halogens is 2. The van der Waals surface area contributed by atoms with Crippen molar-refractivity contribution in [3.8, 4) is 22.9 Å². The van der Waals surface area contributed by atoms with Gasteiger partial charge in [-0.3, -0.25) is 9.69 Å². The molecule has 12 heteroatoms. The maximum atomic E-state index is 17.4. The molecular weight excluding hydrogens is 618 g/mol. The number of furan rings is 1. The molecule has 2 bridgehead atoms. The number of ether oxygens (including phenoxy) is 1. The number of nitrogens with one attached hydrogen (secondary N) is 1. The van der Waals surface area contributed by atoms with Crippen molar-refractivity contribution in [2.45, 2.75) is 81.8 Å². The van der Waals surface area contributed by atoms with Crippen molar-refractivity contribution in [2.75, 3.05) is 31.1 Å². The van der Waals surface area contributed by atoms with Crippen LogP contribution < -0.4 is 20.5 Å². The van der Waals surface area contributed by atoms with Crippen LogP contribution in [0.2, 0.25) is 0 Å². The van der Waals surface area contributed by atoms with Crippen molar-refractivity contribution in [1.82, 2.24) is 24.8 Å². The van der Waals surface area contributed by atoms with Crippen LogP contribution in [-0.2, 0) is 6.54 Å². The van der Waals surface area contributed by atoms with E-state index in [2.05, 4.69) is 15.1 Å². The Balaban J connectivity index is 1.21. The second-order valence-corrected chi connectivity index (χ2v) is 14.5. The molecule has 4 saturated heterocycles. The van der Waals surface area contributed by atoms with Crippen LogP contribution in [0.3, 0.4) is 0 Å². The zero-order chi connectivity index (χ0) is 32.5. The number of anilines is 1. The number of benzene rings is 2. The first-order valence-corrected chi connectivity index (χ1v) is 17.1. The lowest BCUT2D eigenvalue weighted by molar-refractivity contribution is 0.107. The normalized spacial score (nSPS) is 28.0. The summed E-state index contributed by atoms with van der Waals surface area (Å²) < 4.78 is 45.8. The number of nitrogens with zero attached hydrogens (tertiary/aromatic N) is 5. The first-order valence-electron chi connectivity index (χ1n) is 17.1. The van der Waals surface area contributed by atoms with Crippen molar-refractivity contribution in [3.63, 3.8) is 0 Å². The van der Waals surface area contributed by atoms with E-state index in [0.717, 1.165) is 37.6 Å². The Morgan fingerprint density at radius 3 is 2.94 bits per heavy atom. The number of fused-ring (bicyclic) bond motifs is 9. The van der Waals surface area contributed by atoms with E-state index in [1.54, 1.807) is 16.7 Å². The topological polar surface area (TPSA) is 109 Å². The molecule has 5 aromatic rings. The minimum Gasteiger partial charge on any atom is -0.508 e. The molecule has 2 aromatic carbocycles. The molecule has 48 heavy (non-hydrogen) atoms. The smallest absolute Gasteiger partial charge is 0.319 e. The molecule has 5 atom stereocenters. The zero-order valence-electron chi connectivity index (χ0n) is 26.6. The van der Waals surface area contributed by atoms with E-state index in [1.165, 1.54) is 6.07 Å². The number of aromatic nitrogens is 3. The fourth-order valence-electron chi connectivity index (χ4n) is 9.68. The number of phenolic OH excluding ortho intramolecular Hbond substituents is 1. The minimum atomic E-state index is -0.912. The maximum Gasteiger partial charge on any atom is 0.319 e. The van der Waals surface area contributed by atoms with Crippen LogP contribution in [0.5, 0.6) is 11.8 Å². The van der Waals surface area contributed by atoms with E-state index >= 15 is 4.39 Å². The second kappa shape index (κ2) is 10.1. The van der Waals surface area contributed by atoms with Crippen LogP contribution in [0, 0.1) is 12.7 Å². The quantitative estimate of drug-likeness (QED) is 0.271. The molecule has 0 saturated carbocycles. The lowest BCUT2D eigenvalue weighted by Gasteiger charge is -2.41. The van der Waals surface area contributed by atoms with Crippen molar-refractivity contribution >= 4 is 38.6 Å². The number of phenols is 1. The van der Waals surface area contributed by atoms with Crippen LogP contribution in [0.25, 0.3) is 43.9 Å². The van der Waals surface area contributed by atoms with E-state index in [9.17, 15) is 14.3 Å². The molecule has 4 fully saturated rings. The van der Waals surface area contributed by atoms with Gasteiger partial charge in [0.25, 0.3) is 5.56 Å². The molecule has 10 nitrogen and oxygen atoms in total. The van der Waals surface area contributed by atoms with Crippen molar-refractivity contribution in [3.05, 3.63) is 52.3 Å². The van der Waals surface area contributed by atoms with Crippen LogP contribution in [0.15, 0.2) is 39.5 Å². The van der Waals surface area contributed by atoms with Gasteiger partial charge in [-0.2, -0.15) is 9.97 Å². The van der Waals surface area contributed by atoms with E-state index < -0.39 is 23.1 Å². The molecule has 248 valence electrons. The van der Waals surface area contributed by atoms with Gasteiger partial charge < -0.3 is 29.0 Å². The van der Waals surface area contributed by atoms with Gasteiger partial charge in [0.15, 0.2) is 11.6 Å². The van der Waals surface area contributed by atoms with Crippen LogP contribution in [-0.4, -0.2) is 80.6 Å². The van der Waals surface area contributed by atoms with Gasteiger partial charge in [-0.25, -0.2) is 8.78 Å². The van der Waals surface area contributed by atoms with Gasteiger partial charge in [0.2, 0.25) is 0 Å². The molecule has 0 spiro atoms. The first-order chi connectivity index (χ1) is 23.3. The highest BCUT2D eigenvalue weighted by Crippen LogP contribution is 2.44. The summed E-state index contributed by atoms with van der Waals surface area (Å²) >= 11 is 0. The number of hydrogen-bond donors (Lipinski definition) is 2. The highest BCUT2D eigenvalue weighted by Gasteiger charge is 2.50. The number of piperazine rings is 1. The molecule has 0 aliphatic carbocycles. The van der Waals surface area contributed by atoms with Gasteiger partial charge in [0, 0.05) is 60.5 Å². The number of aromatic hydroxyl groups is 1. The summed E-state index contributed by atoms with van der Waals surface area (Å²) in [5, 5.41) is 16.6. The Bertz CT molecular complexity index is 2240. The minimum absolute atomic E-state index is 0.00117. The molecule has 5 aliphatic rings. The first kappa shape index (κ1) is 28.7. The highest BCUT2D eigenvalue weighted by atomic mass is 19.1. The third-order valence-electron chi connectivity index (χ3n) is 11.7. The Kier molecular flexibility index (Phi) is 6.05. The van der Waals surface area contributed by atoms with Crippen LogP contribution >= 0.6 is 0 Å². The number of alkyl halides is 1. The Hall–Kier alpha value is -4.29. The standard InChI is InChI=1S/C36H36F2N6O4/c1-18-11-23-27(48-18)6-3-19-12-22(45)13-24(28(19)23)29-30(38)31-32-33(41-35(40-31)47-17-36-8-2-9-42(36)15-20(37)14-36)44-16-21-4-5-25(39-21)26(44)7-10-43(32)34(29)46/h3,6,11-13,20-21,25-26,39,45H,2,4-5,7-10,14-17H2,1H3/t20-,21?,25?,26?,36+/m1/s1. The van der Waals surface area contributed by atoms with Gasteiger partial charge in [-0.05, 0) is 75.2 Å². The summed E-state index contributed by atoms with van der Waals surface area (Å²) in [5.74, 6) is 0.314. The highest BCUT2D eigenvalue weighted by molar-refractivity contribution is 6.14. The molecular formula is C36H36F2N6O4. The Morgan fingerprint density at radius 2 is 2.04 bits per heavy atom. The van der Waals surface area contributed by atoms with Gasteiger partial charge in [-0.15, -0.1) is 0 Å². The van der Waals surface area contributed by atoms with E-state index in [4.69, 9.17) is 19.1 Å². The molecule has 0 amide bonds. The summed E-state index contributed by atoms with van der Waals surface area (Å²) in [6, 6.07) is 9.12. The number of rotatable bonds is 4. The average molecular weight is 655 g/mol. The SMILES string of the molecule is Cc1cc2c(ccc3cc(O)cc(-c4c(F)c5nc(OC[C@@]67CCCN6C[C@H](F)C7)nc6c5n(c4=O)CCC4C5CCC(CN64)N5)c32)o1. The molecule has 5 aliphatic heterocycles. The summed E-state index contributed by atoms with van der Waals surface area (Å²) in [6.07, 6.45) is 4.00. The third-order valence-corrected chi connectivity index (χ3v) is 11.7. The second-order valence-electron chi connectivity index (χ2n) is 14.5. The molecule has 0 radical (unpaired) electrons. The van der Waals surface area contributed by atoms with E-state index in [-0.39, 0.29) is 53.1 Å². The predicted octanol–water partition coefficient (Wildman–Crippen LogP) is 5.18. The van der Waals surface area contributed by atoms with Gasteiger partial charge >= 0.3 is 6.01 Å². The molecule has 8 heterocycles. The summed E-state index contributed by atoms with van der Waals surface area (Å²) in [6.45, 7) is 4.30. The van der Waals surface area contributed by atoms with Crippen LogP contribution in [0.4, 0.5) is 14.6 Å². The molecule has 2 N–H and O–H groups in total. The fraction of sp³-hybridized carbons (Fsp3) is 0.472. The van der Waals surface area contributed by atoms with E-state index in [1.807, 2.05) is 19.1 Å². The predicted molar refractivity (Wildman–Crippen MR) is 177 cm³/mol. The number of hydrogen-bond acceptors (Lipinski definition) is 9. The zero-order valence-corrected chi connectivity index (χ0v) is 26.6. The average Bonchev–Trinajstić information content (AvgIpc) is 3.79. The molecule has 3 unspecified atom stereocenters. The number of aryl methyl sites for hydroxylation is 2. The van der Waals surface area contributed by atoms with Gasteiger partial charge in [0.1, 0.15) is 40.9 Å². The van der Waals surface area contributed by atoms with Gasteiger partial charge in [-0.1, -0.05) is 6.07 Å². The van der Waals surface area contributed by atoms with Crippen molar-refractivity contribution < 1.29 is 23.0 Å². The Labute approximate surface area is 274 Å². The van der Waals surface area contributed by atoms with Crippen molar-refractivity contribution in [2.24, 2.45) is 0 Å². The lowest BCUT2D eigenvalue weighted by Crippen LogP contribution is -2.58. The summed E-state index contributed by atoms with van der Waals surface area (Å²) in [4.78, 5) is 28.7. The lowest BCUT2D eigenvalue weighted by atomic mass is 9.95. The third kappa shape index (κ3) is 4.05. The largest absolute Gasteiger partial charge is 0.508 e. The monoisotopic (exact) mass is 654 g/mol. The number of pyridine rings is 1. The fourth-order valence-corrected chi connectivity index (χ4v) is 9.68. The maximum absolute atomic E-state index is 17.4. The molecule has 10 rings (SSSR count). The summed E-state index contributed by atoms with van der Waals surface area (Å²) in [7, 11) is 0. The van der Waals surface area contributed by atoms with Crippen LogP contribution in [0.1, 0.15) is 44.3 Å². The molecule has 3 aromatic heterocycles. The Morgan fingerprint density at radius 1 is 1.15 bits per heavy atom. The van der Waals surface area contributed by atoms with E-state index in [0.29, 0.717) is 65.9 Å². The van der Waals surface area contributed by atoms with Gasteiger partial charge in [0.05, 0.1) is 11.1 Å².